The topological polar surface area (TPSA) is 38.2 Å². The molecule has 1 aliphatic rings. The highest BCUT2D eigenvalue weighted by Gasteiger charge is 2.39. The molecule has 0 atom stereocenters. The first kappa shape index (κ1) is 12.8. The maximum atomic E-state index is 13.4. The van der Waals surface area contributed by atoms with Gasteiger partial charge in [-0.05, 0) is 25.5 Å². The molecule has 2 aromatic rings. The molecular weight excluding hydrogens is 257 g/mol. The minimum Gasteiger partial charge on any atom is -0.481 e. The Balaban J connectivity index is 2.05. The molecule has 0 aromatic carbocycles. The van der Waals surface area contributed by atoms with Gasteiger partial charge in [-0.2, -0.15) is 0 Å². The summed E-state index contributed by atoms with van der Waals surface area (Å²) < 4.78 is 18.6. The minimum absolute atomic E-state index is 0.334. The summed E-state index contributed by atoms with van der Waals surface area (Å²) in [4.78, 5) is 10.6. The number of anilines is 1. The first-order valence-corrected chi connectivity index (χ1v) is 6.45. The van der Waals surface area contributed by atoms with E-state index in [1.165, 1.54) is 12.3 Å². The zero-order valence-corrected chi connectivity index (χ0v) is 11.7. The second-order valence-corrected chi connectivity index (χ2v) is 5.37. The number of hydrogen-bond acceptors (Lipinski definition) is 4. The molecular formula is C15H16FN3O. The van der Waals surface area contributed by atoms with E-state index in [0.717, 1.165) is 16.9 Å². The van der Waals surface area contributed by atoms with Gasteiger partial charge in [0.05, 0.1) is 36.4 Å². The molecule has 1 aliphatic heterocycles. The number of aromatic nitrogens is 2. The van der Waals surface area contributed by atoms with Crippen LogP contribution in [-0.2, 0) is 12.1 Å². The van der Waals surface area contributed by atoms with Crippen molar-refractivity contribution in [3.05, 3.63) is 47.7 Å². The molecule has 3 rings (SSSR count). The first-order valence-electron chi connectivity index (χ1n) is 6.45. The van der Waals surface area contributed by atoms with E-state index in [1.54, 1.807) is 13.3 Å². The average Bonchev–Trinajstić information content (AvgIpc) is 2.70. The zero-order valence-electron chi connectivity index (χ0n) is 11.7. The van der Waals surface area contributed by atoms with Gasteiger partial charge in [0.2, 0.25) is 5.88 Å². The molecule has 0 saturated heterocycles. The lowest BCUT2D eigenvalue weighted by atomic mass is 9.99. The van der Waals surface area contributed by atoms with Crippen molar-refractivity contribution in [3.63, 3.8) is 0 Å². The number of nitrogens with zero attached hydrogens (tertiary/aromatic N) is 3. The van der Waals surface area contributed by atoms with Crippen LogP contribution in [0, 0.1) is 5.82 Å². The third-order valence-corrected chi connectivity index (χ3v) is 3.75. The Kier molecular flexibility index (Phi) is 2.85. The fourth-order valence-corrected chi connectivity index (χ4v) is 2.70. The maximum Gasteiger partial charge on any atom is 0.213 e. The van der Waals surface area contributed by atoms with E-state index in [2.05, 4.69) is 28.7 Å². The van der Waals surface area contributed by atoms with Crippen molar-refractivity contribution in [3.8, 4) is 5.88 Å². The van der Waals surface area contributed by atoms with Crippen molar-refractivity contribution in [1.29, 1.82) is 0 Å². The summed E-state index contributed by atoms with van der Waals surface area (Å²) in [6.07, 6.45) is 2.88. The van der Waals surface area contributed by atoms with E-state index in [0.29, 0.717) is 12.4 Å². The predicted octanol–water partition coefficient (Wildman–Crippen LogP) is 2.88. The van der Waals surface area contributed by atoms with Gasteiger partial charge in [0, 0.05) is 18.7 Å². The molecule has 3 heterocycles. The Labute approximate surface area is 117 Å². The largest absolute Gasteiger partial charge is 0.481 e. The summed E-state index contributed by atoms with van der Waals surface area (Å²) in [5, 5.41) is 0. The van der Waals surface area contributed by atoms with Crippen LogP contribution in [0.3, 0.4) is 0 Å². The number of halogens is 1. The molecule has 2 aromatic heterocycles. The van der Waals surface area contributed by atoms with Crippen LogP contribution in [0.4, 0.5) is 10.1 Å². The molecule has 0 amide bonds. The van der Waals surface area contributed by atoms with Crippen LogP contribution in [0.15, 0.2) is 30.6 Å². The second-order valence-electron chi connectivity index (χ2n) is 5.37. The molecule has 0 N–H and O–H groups in total. The normalized spacial score (nSPS) is 16.1. The van der Waals surface area contributed by atoms with Crippen LogP contribution in [0.25, 0.3) is 0 Å². The summed E-state index contributed by atoms with van der Waals surface area (Å²) in [6, 6.07) is 5.36. The summed E-state index contributed by atoms with van der Waals surface area (Å²) in [5.41, 5.74) is 2.51. The van der Waals surface area contributed by atoms with Gasteiger partial charge in [-0.3, -0.25) is 4.98 Å². The lowest BCUT2D eigenvalue weighted by Crippen LogP contribution is -2.36. The Bertz CT molecular complexity index is 657. The van der Waals surface area contributed by atoms with E-state index in [-0.39, 0.29) is 11.4 Å². The van der Waals surface area contributed by atoms with Crippen molar-refractivity contribution in [2.24, 2.45) is 0 Å². The van der Waals surface area contributed by atoms with Gasteiger partial charge in [0.1, 0.15) is 5.82 Å². The van der Waals surface area contributed by atoms with E-state index >= 15 is 0 Å². The number of hydrogen-bond donors (Lipinski definition) is 0. The van der Waals surface area contributed by atoms with Gasteiger partial charge >= 0.3 is 0 Å². The quantitative estimate of drug-likeness (QED) is 0.843. The van der Waals surface area contributed by atoms with Crippen LogP contribution < -0.4 is 9.64 Å². The number of fused-ring (bicyclic) bond motifs is 1. The van der Waals surface area contributed by atoms with E-state index in [1.807, 2.05) is 12.1 Å². The molecule has 0 saturated carbocycles. The number of rotatable bonds is 2. The maximum absolute atomic E-state index is 13.4. The van der Waals surface area contributed by atoms with Crippen LogP contribution in [0.1, 0.15) is 25.1 Å². The summed E-state index contributed by atoms with van der Waals surface area (Å²) >= 11 is 0. The van der Waals surface area contributed by atoms with Crippen molar-refractivity contribution < 1.29 is 9.13 Å². The van der Waals surface area contributed by atoms with Crippen LogP contribution >= 0.6 is 0 Å². The van der Waals surface area contributed by atoms with Gasteiger partial charge in [-0.1, -0.05) is 0 Å². The van der Waals surface area contributed by atoms with Gasteiger partial charge in [0.25, 0.3) is 0 Å². The first-order chi connectivity index (χ1) is 9.52. The van der Waals surface area contributed by atoms with Crippen molar-refractivity contribution >= 4 is 5.69 Å². The predicted molar refractivity (Wildman–Crippen MR) is 74.2 cm³/mol. The lowest BCUT2D eigenvalue weighted by Gasteiger charge is -2.33. The fraction of sp³-hybridized carbons (Fsp3) is 0.333. The molecule has 0 aliphatic carbocycles. The minimum atomic E-state index is -0.334. The summed E-state index contributed by atoms with van der Waals surface area (Å²) in [7, 11) is 1.60. The highest BCUT2D eigenvalue weighted by atomic mass is 19.1. The molecule has 104 valence electrons. The Hall–Kier alpha value is -2.17. The van der Waals surface area contributed by atoms with Gasteiger partial charge in [-0.15, -0.1) is 0 Å². The Morgan fingerprint density at radius 2 is 2.10 bits per heavy atom. The Morgan fingerprint density at radius 1 is 1.30 bits per heavy atom. The standard InChI is InChI=1S/C15H16FN3O/c1-15(2)14-10(4-5-13(18-14)20-3)9-19(15)12-6-11(16)7-17-8-12/h4-8H,9H2,1-3H3. The van der Waals surface area contributed by atoms with Crippen molar-refractivity contribution in [1.82, 2.24) is 9.97 Å². The summed E-state index contributed by atoms with van der Waals surface area (Å²) in [6.45, 7) is 4.82. The van der Waals surface area contributed by atoms with Gasteiger partial charge in [-0.25, -0.2) is 9.37 Å². The highest BCUT2D eigenvalue weighted by molar-refractivity contribution is 5.54. The molecule has 0 radical (unpaired) electrons. The third kappa shape index (κ3) is 1.90. The highest BCUT2D eigenvalue weighted by Crippen LogP contribution is 2.41. The number of ether oxygens (including phenoxy) is 1. The molecule has 0 unspecified atom stereocenters. The lowest BCUT2D eigenvalue weighted by molar-refractivity contribution is 0.391. The molecule has 20 heavy (non-hydrogen) atoms. The summed E-state index contributed by atoms with van der Waals surface area (Å²) in [5.74, 6) is 0.260. The van der Waals surface area contributed by atoms with Crippen molar-refractivity contribution in [2.45, 2.75) is 25.9 Å². The van der Waals surface area contributed by atoms with Gasteiger partial charge < -0.3 is 9.64 Å². The van der Waals surface area contributed by atoms with Crippen LogP contribution in [-0.4, -0.2) is 17.1 Å². The fourth-order valence-electron chi connectivity index (χ4n) is 2.70. The van der Waals surface area contributed by atoms with Crippen molar-refractivity contribution in [2.75, 3.05) is 12.0 Å². The number of pyridine rings is 2. The van der Waals surface area contributed by atoms with E-state index in [4.69, 9.17) is 4.74 Å². The molecule has 0 spiro atoms. The van der Waals surface area contributed by atoms with Crippen LogP contribution in [0.2, 0.25) is 0 Å². The average molecular weight is 273 g/mol. The molecule has 5 heteroatoms. The monoisotopic (exact) mass is 273 g/mol. The number of methoxy groups -OCH3 is 1. The SMILES string of the molecule is COc1ccc2c(n1)C(C)(C)N(c1cncc(F)c1)C2. The van der Waals surface area contributed by atoms with Crippen LogP contribution in [0.5, 0.6) is 5.88 Å². The molecule has 0 bridgehead atoms. The molecule has 0 fully saturated rings. The van der Waals surface area contributed by atoms with Gasteiger partial charge in [0.15, 0.2) is 0 Å². The van der Waals surface area contributed by atoms with E-state index < -0.39 is 0 Å². The molecule has 4 nitrogen and oxygen atoms in total. The third-order valence-electron chi connectivity index (χ3n) is 3.75. The smallest absolute Gasteiger partial charge is 0.213 e. The second kappa shape index (κ2) is 4.44. The van der Waals surface area contributed by atoms with E-state index in [9.17, 15) is 4.39 Å². The Morgan fingerprint density at radius 3 is 2.80 bits per heavy atom. The zero-order chi connectivity index (χ0) is 14.3.